The minimum absolute atomic E-state index is 0.0159. The molecular formula is C24H37N3O2. The molecule has 160 valence electrons. The van der Waals surface area contributed by atoms with E-state index in [4.69, 9.17) is 0 Å². The van der Waals surface area contributed by atoms with E-state index >= 15 is 0 Å². The number of rotatable bonds is 2. The van der Waals surface area contributed by atoms with Crippen molar-refractivity contribution < 1.29 is 9.59 Å². The quantitative estimate of drug-likeness (QED) is 0.766. The van der Waals surface area contributed by atoms with E-state index < -0.39 is 5.54 Å². The number of hydrogen-bond donors (Lipinski definition) is 1. The van der Waals surface area contributed by atoms with Gasteiger partial charge in [-0.15, -0.1) is 0 Å². The number of nitrogens with zero attached hydrogens (tertiary/aromatic N) is 2. The van der Waals surface area contributed by atoms with Crippen LogP contribution in [-0.2, 0) is 9.59 Å². The van der Waals surface area contributed by atoms with Gasteiger partial charge in [0.05, 0.1) is 6.07 Å². The molecule has 4 aliphatic rings. The first-order valence-corrected chi connectivity index (χ1v) is 11.5. The highest BCUT2D eigenvalue weighted by Crippen LogP contribution is 2.66. The van der Waals surface area contributed by atoms with Crippen molar-refractivity contribution in [3.63, 3.8) is 0 Å². The molecule has 0 aromatic carbocycles. The van der Waals surface area contributed by atoms with Gasteiger partial charge < -0.3 is 10.2 Å². The molecule has 1 heterocycles. The zero-order valence-corrected chi connectivity index (χ0v) is 18.8. The Bertz CT molecular complexity index is 756. The van der Waals surface area contributed by atoms with Gasteiger partial charge in [-0.2, -0.15) is 5.26 Å². The van der Waals surface area contributed by atoms with E-state index in [9.17, 15) is 14.9 Å². The van der Waals surface area contributed by atoms with Crippen molar-refractivity contribution in [2.45, 2.75) is 90.6 Å². The standard InChI is InChI=1S/C24H37N3O2/c1-22(2,14-25)26-21(29)18-8-7-16-15-6-9-19-24(4,13-11-20(28)27(19)5)17(15)10-12-23(16,18)3/h15-19H,6-13H2,1-5H3,(H,26,29)/t15-,16-,17-,18+,19+,23-,24+/m0/s1. The summed E-state index contributed by atoms with van der Waals surface area (Å²) >= 11 is 0. The number of fused-ring (bicyclic) bond motifs is 5. The van der Waals surface area contributed by atoms with E-state index in [1.54, 1.807) is 13.8 Å². The monoisotopic (exact) mass is 399 g/mol. The van der Waals surface area contributed by atoms with E-state index in [0.29, 0.717) is 36.1 Å². The minimum atomic E-state index is -0.812. The summed E-state index contributed by atoms with van der Waals surface area (Å²) in [6.45, 7) is 8.34. The summed E-state index contributed by atoms with van der Waals surface area (Å²) in [5.74, 6) is 2.31. The van der Waals surface area contributed by atoms with Crippen molar-refractivity contribution in [1.82, 2.24) is 10.2 Å². The average Bonchev–Trinajstić information content (AvgIpc) is 3.02. The molecule has 5 nitrogen and oxygen atoms in total. The van der Waals surface area contributed by atoms with Crippen LogP contribution in [0.1, 0.15) is 79.1 Å². The smallest absolute Gasteiger partial charge is 0.224 e. The van der Waals surface area contributed by atoms with Gasteiger partial charge in [0.2, 0.25) is 11.8 Å². The van der Waals surface area contributed by atoms with E-state index in [-0.39, 0.29) is 22.7 Å². The van der Waals surface area contributed by atoms with Crippen LogP contribution in [0.25, 0.3) is 0 Å². The predicted octanol–water partition coefficient (Wildman–Crippen LogP) is 3.88. The number of nitriles is 1. The van der Waals surface area contributed by atoms with Gasteiger partial charge in [-0.3, -0.25) is 9.59 Å². The van der Waals surface area contributed by atoms with E-state index in [2.05, 4.69) is 25.2 Å². The molecule has 4 rings (SSSR count). The van der Waals surface area contributed by atoms with Crippen molar-refractivity contribution in [1.29, 1.82) is 5.26 Å². The Kier molecular flexibility index (Phi) is 4.80. The third-order valence-corrected chi connectivity index (χ3v) is 9.59. The molecule has 2 amide bonds. The van der Waals surface area contributed by atoms with Crippen molar-refractivity contribution >= 4 is 11.8 Å². The largest absolute Gasteiger partial charge is 0.342 e. The van der Waals surface area contributed by atoms with Crippen LogP contribution >= 0.6 is 0 Å². The summed E-state index contributed by atoms with van der Waals surface area (Å²) < 4.78 is 0. The fourth-order valence-corrected chi connectivity index (χ4v) is 8.00. The second kappa shape index (κ2) is 6.72. The lowest BCUT2D eigenvalue weighted by Crippen LogP contribution is -2.61. The Balaban J connectivity index is 1.56. The van der Waals surface area contributed by atoms with Crippen LogP contribution < -0.4 is 5.32 Å². The average molecular weight is 400 g/mol. The molecule has 0 unspecified atom stereocenters. The maximum Gasteiger partial charge on any atom is 0.224 e. The first-order valence-electron chi connectivity index (χ1n) is 11.5. The number of nitrogens with one attached hydrogen (secondary N) is 1. The second-order valence-corrected chi connectivity index (χ2v) is 11.4. The highest BCUT2D eigenvalue weighted by molar-refractivity contribution is 5.81. The fraction of sp³-hybridized carbons (Fsp3) is 0.875. The van der Waals surface area contributed by atoms with Crippen LogP contribution in [0.4, 0.5) is 0 Å². The molecule has 5 heteroatoms. The molecular weight excluding hydrogens is 362 g/mol. The Morgan fingerprint density at radius 2 is 1.79 bits per heavy atom. The molecule has 0 aromatic heterocycles. The van der Waals surface area contributed by atoms with Gasteiger partial charge in [-0.25, -0.2) is 0 Å². The predicted molar refractivity (Wildman–Crippen MR) is 112 cm³/mol. The summed E-state index contributed by atoms with van der Waals surface area (Å²) in [5, 5.41) is 12.3. The topological polar surface area (TPSA) is 73.2 Å². The maximum atomic E-state index is 13.1. The molecule has 0 spiro atoms. The van der Waals surface area contributed by atoms with Gasteiger partial charge in [-0.05, 0) is 87.4 Å². The third-order valence-electron chi connectivity index (χ3n) is 9.59. The number of carbonyl (C=O) groups excluding carboxylic acids is 2. The molecule has 1 N–H and O–H groups in total. The Labute approximate surface area is 175 Å². The van der Waals surface area contributed by atoms with Crippen molar-refractivity contribution in [2.24, 2.45) is 34.5 Å². The molecule has 1 saturated heterocycles. The summed E-state index contributed by atoms with van der Waals surface area (Å²) in [6, 6.07) is 2.59. The van der Waals surface area contributed by atoms with Crippen LogP contribution in [-0.4, -0.2) is 35.3 Å². The van der Waals surface area contributed by atoms with Gasteiger partial charge >= 0.3 is 0 Å². The first-order chi connectivity index (χ1) is 13.5. The van der Waals surface area contributed by atoms with Crippen LogP contribution in [0.5, 0.6) is 0 Å². The van der Waals surface area contributed by atoms with E-state index in [1.165, 1.54) is 6.42 Å². The van der Waals surface area contributed by atoms with Crippen LogP contribution in [0.15, 0.2) is 0 Å². The Hall–Kier alpha value is -1.57. The fourth-order valence-electron chi connectivity index (χ4n) is 8.00. The first kappa shape index (κ1) is 20.7. The maximum absolute atomic E-state index is 13.1. The Morgan fingerprint density at radius 3 is 2.48 bits per heavy atom. The molecule has 0 aromatic rings. The molecule has 4 fully saturated rings. The van der Waals surface area contributed by atoms with Crippen LogP contribution in [0, 0.1) is 45.8 Å². The third kappa shape index (κ3) is 3.01. The molecule has 7 atom stereocenters. The van der Waals surface area contributed by atoms with Gasteiger partial charge in [0.15, 0.2) is 0 Å². The van der Waals surface area contributed by atoms with Crippen molar-refractivity contribution in [3.05, 3.63) is 0 Å². The van der Waals surface area contributed by atoms with Crippen LogP contribution in [0.3, 0.4) is 0 Å². The zero-order chi connectivity index (χ0) is 21.2. The van der Waals surface area contributed by atoms with Gasteiger partial charge in [0.1, 0.15) is 5.54 Å². The minimum Gasteiger partial charge on any atom is -0.342 e. The SMILES string of the molecule is CN1C(=O)CC[C@]2(C)[C@H]3CC[C@]4(C)[C@@H](C(=O)NC(C)(C)C#N)CC[C@H]4[C@@H]3CC[C@@H]12. The van der Waals surface area contributed by atoms with E-state index in [1.807, 2.05) is 11.9 Å². The number of hydrogen-bond acceptors (Lipinski definition) is 3. The molecule has 3 saturated carbocycles. The molecule has 0 bridgehead atoms. The normalized spacial score (nSPS) is 44.3. The lowest BCUT2D eigenvalue weighted by atomic mass is 9.47. The number of likely N-dealkylation sites (tertiary alicyclic amines) is 1. The lowest BCUT2D eigenvalue weighted by Gasteiger charge is -2.61. The highest BCUT2D eigenvalue weighted by Gasteiger charge is 2.62. The van der Waals surface area contributed by atoms with Gasteiger partial charge in [0, 0.05) is 25.4 Å². The van der Waals surface area contributed by atoms with Gasteiger partial charge in [0.25, 0.3) is 0 Å². The number of amides is 2. The highest BCUT2D eigenvalue weighted by atomic mass is 16.2. The van der Waals surface area contributed by atoms with Crippen molar-refractivity contribution in [3.8, 4) is 6.07 Å². The molecule has 29 heavy (non-hydrogen) atoms. The van der Waals surface area contributed by atoms with Crippen LogP contribution in [0.2, 0.25) is 0 Å². The molecule has 0 radical (unpaired) electrons. The number of carbonyl (C=O) groups is 2. The number of piperidine rings is 1. The Morgan fingerprint density at radius 1 is 1.10 bits per heavy atom. The summed E-state index contributed by atoms with van der Waals surface area (Å²) in [5.41, 5.74) is -0.556. The molecule has 1 aliphatic heterocycles. The summed E-state index contributed by atoms with van der Waals surface area (Å²) in [7, 11) is 2.00. The van der Waals surface area contributed by atoms with E-state index in [0.717, 1.165) is 38.5 Å². The van der Waals surface area contributed by atoms with Gasteiger partial charge in [-0.1, -0.05) is 13.8 Å². The zero-order valence-electron chi connectivity index (χ0n) is 18.8. The van der Waals surface area contributed by atoms with Crippen molar-refractivity contribution in [2.75, 3.05) is 7.05 Å². The second-order valence-electron chi connectivity index (χ2n) is 11.4. The molecule has 3 aliphatic carbocycles. The lowest BCUT2D eigenvalue weighted by molar-refractivity contribution is -0.159. The summed E-state index contributed by atoms with van der Waals surface area (Å²) in [4.78, 5) is 27.4. The summed E-state index contributed by atoms with van der Waals surface area (Å²) in [6.07, 6.45) is 8.30.